The molecule has 20 heavy (non-hydrogen) atoms. The summed E-state index contributed by atoms with van der Waals surface area (Å²) in [6.07, 6.45) is 9.00. The summed E-state index contributed by atoms with van der Waals surface area (Å²) < 4.78 is 1.76. The second-order valence-electron chi connectivity index (χ2n) is 5.24. The summed E-state index contributed by atoms with van der Waals surface area (Å²) in [4.78, 5) is 23.4. The monoisotopic (exact) mass is 276 g/mol. The van der Waals surface area contributed by atoms with Gasteiger partial charge in [0.05, 0.1) is 0 Å². The van der Waals surface area contributed by atoms with Crippen LogP contribution >= 0.6 is 0 Å². The highest BCUT2D eigenvalue weighted by Crippen LogP contribution is 2.17. The van der Waals surface area contributed by atoms with Crippen molar-refractivity contribution in [2.75, 3.05) is 0 Å². The maximum atomic E-state index is 11.8. The van der Waals surface area contributed by atoms with Gasteiger partial charge in [0.15, 0.2) is 12.4 Å². The molecule has 1 aromatic heterocycles. The molecule has 0 aliphatic heterocycles. The highest BCUT2D eigenvalue weighted by atomic mass is 16.2. The van der Waals surface area contributed by atoms with Gasteiger partial charge in [-0.2, -0.15) is 4.57 Å². The fourth-order valence-corrected chi connectivity index (χ4v) is 2.45. The van der Waals surface area contributed by atoms with E-state index in [1.165, 1.54) is 5.56 Å². The van der Waals surface area contributed by atoms with Crippen LogP contribution in [0.3, 0.4) is 0 Å². The molecule has 0 unspecified atom stereocenters. The lowest BCUT2D eigenvalue weighted by Gasteiger charge is -2.11. The van der Waals surface area contributed by atoms with E-state index in [1.807, 2.05) is 24.5 Å². The molecule has 1 saturated carbocycles. The van der Waals surface area contributed by atoms with Gasteiger partial charge in [0.1, 0.15) is 0 Å². The van der Waals surface area contributed by atoms with E-state index in [4.69, 9.17) is 0 Å². The van der Waals surface area contributed by atoms with Gasteiger partial charge in [-0.25, -0.2) is 4.79 Å². The smallest absolute Gasteiger partial charge is 0.321 e. The molecule has 1 aliphatic carbocycles. The molecule has 1 heterocycles. The summed E-state index contributed by atoms with van der Waals surface area (Å²) in [5.41, 5.74) is 1.22. The molecule has 0 aromatic carbocycles. The fourth-order valence-electron chi connectivity index (χ4n) is 2.45. The minimum absolute atomic E-state index is 0.155. The Balaban J connectivity index is 1.77. The summed E-state index contributed by atoms with van der Waals surface area (Å²) in [7, 11) is 0. The third kappa shape index (κ3) is 4.33. The molecular weight excluding hydrogens is 254 g/mol. The Bertz CT molecular complexity index is 465. The number of rotatable bonds is 4. The van der Waals surface area contributed by atoms with Gasteiger partial charge in [-0.1, -0.05) is 19.8 Å². The van der Waals surface area contributed by atoms with Crippen LogP contribution in [0.2, 0.25) is 0 Å². The lowest BCUT2D eigenvalue weighted by Crippen LogP contribution is -2.49. The van der Waals surface area contributed by atoms with Gasteiger partial charge in [-0.3, -0.25) is 10.1 Å². The Kier molecular flexibility index (Phi) is 5.09. The lowest BCUT2D eigenvalue weighted by atomic mass is 10.2. The lowest BCUT2D eigenvalue weighted by molar-refractivity contribution is -0.684. The Morgan fingerprint density at radius 1 is 1.25 bits per heavy atom. The number of carbonyl (C=O) groups is 2. The van der Waals surface area contributed by atoms with E-state index in [0.717, 1.165) is 32.1 Å². The first kappa shape index (κ1) is 14.5. The summed E-state index contributed by atoms with van der Waals surface area (Å²) in [6.45, 7) is 2.24. The number of amides is 3. The van der Waals surface area contributed by atoms with Crippen LogP contribution in [0.15, 0.2) is 24.5 Å². The molecule has 3 amide bonds. The first-order valence-electron chi connectivity index (χ1n) is 7.25. The highest BCUT2D eigenvalue weighted by molar-refractivity contribution is 5.93. The molecule has 1 aromatic rings. The Morgan fingerprint density at radius 3 is 2.50 bits per heavy atom. The predicted octanol–water partition coefficient (Wildman–Crippen LogP) is 1.30. The molecule has 0 spiro atoms. The number of hydrogen-bond donors (Lipinski definition) is 2. The quantitative estimate of drug-likeness (QED) is 0.814. The number of aryl methyl sites for hydroxylation is 1. The molecule has 0 saturated heterocycles. The van der Waals surface area contributed by atoms with E-state index in [2.05, 4.69) is 17.6 Å². The van der Waals surface area contributed by atoms with Crippen molar-refractivity contribution in [3.05, 3.63) is 30.1 Å². The summed E-state index contributed by atoms with van der Waals surface area (Å²) >= 11 is 0. The van der Waals surface area contributed by atoms with Crippen LogP contribution in [-0.4, -0.2) is 18.0 Å². The van der Waals surface area contributed by atoms with Crippen LogP contribution in [-0.2, 0) is 17.8 Å². The second-order valence-corrected chi connectivity index (χ2v) is 5.24. The average Bonchev–Trinajstić information content (AvgIpc) is 2.92. The summed E-state index contributed by atoms with van der Waals surface area (Å²) in [5.74, 6) is -0.297. The zero-order valence-electron chi connectivity index (χ0n) is 11.9. The van der Waals surface area contributed by atoms with Crippen LogP contribution in [0.25, 0.3) is 0 Å². The molecule has 0 atom stereocenters. The standard InChI is InChI=1S/C15H21N3O2/c1-2-12-7-9-18(10-8-12)11-14(19)17-15(20)16-13-5-3-4-6-13/h7-10,13H,2-6,11H2,1H3,(H-,16,17,19,20)/p+1. The van der Waals surface area contributed by atoms with E-state index in [9.17, 15) is 9.59 Å². The summed E-state index contributed by atoms with van der Waals surface area (Å²) in [6, 6.07) is 3.80. The maximum Gasteiger partial charge on any atom is 0.321 e. The van der Waals surface area contributed by atoms with Gasteiger partial charge < -0.3 is 5.32 Å². The van der Waals surface area contributed by atoms with E-state index in [0.29, 0.717) is 0 Å². The number of aromatic nitrogens is 1. The number of hydrogen-bond acceptors (Lipinski definition) is 2. The zero-order valence-corrected chi connectivity index (χ0v) is 11.9. The third-order valence-electron chi connectivity index (χ3n) is 3.64. The molecule has 5 nitrogen and oxygen atoms in total. The largest absolute Gasteiger partial charge is 0.335 e. The van der Waals surface area contributed by atoms with E-state index in [1.54, 1.807) is 4.57 Å². The second kappa shape index (κ2) is 7.03. The Morgan fingerprint density at radius 2 is 1.90 bits per heavy atom. The maximum absolute atomic E-state index is 11.8. The van der Waals surface area contributed by atoms with E-state index in [-0.39, 0.29) is 24.5 Å². The van der Waals surface area contributed by atoms with Crippen LogP contribution in [0.5, 0.6) is 0 Å². The van der Waals surface area contributed by atoms with Gasteiger partial charge >= 0.3 is 6.03 Å². The minimum Gasteiger partial charge on any atom is -0.335 e. The van der Waals surface area contributed by atoms with Crippen molar-refractivity contribution >= 4 is 11.9 Å². The molecule has 0 radical (unpaired) electrons. The number of nitrogens with one attached hydrogen (secondary N) is 2. The molecule has 2 N–H and O–H groups in total. The molecule has 1 fully saturated rings. The van der Waals surface area contributed by atoms with Crippen LogP contribution < -0.4 is 15.2 Å². The number of imide groups is 1. The Labute approximate surface area is 119 Å². The van der Waals surface area contributed by atoms with Gasteiger partial charge in [-0.15, -0.1) is 0 Å². The highest BCUT2D eigenvalue weighted by Gasteiger charge is 2.19. The van der Waals surface area contributed by atoms with Crippen molar-refractivity contribution in [3.8, 4) is 0 Å². The van der Waals surface area contributed by atoms with Crippen molar-refractivity contribution in [2.24, 2.45) is 0 Å². The first-order chi connectivity index (χ1) is 9.67. The number of pyridine rings is 1. The molecular formula is C15H22N3O2+. The summed E-state index contributed by atoms with van der Waals surface area (Å²) in [5, 5.41) is 5.21. The first-order valence-corrected chi connectivity index (χ1v) is 7.25. The topological polar surface area (TPSA) is 62.1 Å². The fraction of sp³-hybridized carbons (Fsp3) is 0.533. The van der Waals surface area contributed by atoms with Gasteiger partial charge in [0.25, 0.3) is 5.91 Å². The number of nitrogens with zero attached hydrogens (tertiary/aromatic N) is 1. The average molecular weight is 276 g/mol. The third-order valence-corrected chi connectivity index (χ3v) is 3.64. The van der Waals surface area contributed by atoms with Gasteiger partial charge in [0.2, 0.25) is 6.54 Å². The number of carbonyl (C=O) groups excluding carboxylic acids is 2. The van der Waals surface area contributed by atoms with Crippen LogP contribution in [0, 0.1) is 0 Å². The van der Waals surface area contributed by atoms with E-state index >= 15 is 0 Å². The minimum atomic E-state index is -0.382. The zero-order chi connectivity index (χ0) is 14.4. The normalized spacial score (nSPS) is 15.1. The van der Waals surface area contributed by atoms with Gasteiger partial charge in [0, 0.05) is 18.2 Å². The van der Waals surface area contributed by atoms with Crippen molar-refractivity contribution in [3.63, 3.8) is 0 Å². The van der Waals surface area contributed by atoms with Crippen LogP contribution in [0.4, 0.5) is 4.79 Å². The SMILES string of the molecule is CCc1cc[n+](CC(=O)NC(=O)NC2CCCC2)cc1. The Hall–Kier alpha value is -1.91. The predicted molar refractivity (Wildman–Crippen MR) is 74.9 cm³/mol. The van der Waals surface area contributed by atoms with E-state index < -0.39 is 0 Å². The molecule has 5 heteroatoms. The van der Waals surface area contributed by atoms with Crippen molar-refractivity contribution in [1.82, 2.24) is 10.6 Å². The van der Waals surface area contributed by atoms with Crippen molar-refractivity contribution in [1.29, 1.82) is 0 Å². The molecule has 108 valence electrons. The molecule has 1 aliphatic rings. The van der Waals surface area contributed by atoms with Crippen LogP contribution in [0.1, 0.15) is 38.2 Å². The molecule has 2 rings (SSSR count). The van der Waals surface area contributed by atoms with Gasteiger partial charge in [-0.05, 0) is 24.8 Å². The van der Waals surface area contributed by atoms with Crippen molar-refractivity contribution < 1.29 is 14.2 Å². The number of urea groups is 1. The molecule has 0 bridgehead atoms. The van der Waals surface area contributed by atoms with Crippen molar-refractivity contribution in [2.45, 2.75) is 51.6 Å².